The zero-order valence-electron chi connectivity index (χ0n) is 25.6. The summed E-state index contributed by atoms with van der Waals surface area (Å²) in [6, 6.07) is 26.7. The summed E-state index contributed by atoms with van der Waals surface area (Å²) in [6.45, 7) is 0.0504. The average Bonchev–Trinajstić information content (AvgIpc) is 3.52. The largest absolute Gasteiger partial charge is 0.488 e. The number of aliphatic hydroxyl groups is 1. The number of aliphatic hydroxyl groups excluding tert-OH is 1. The van der Waals surface area contributed by atoms with Gasteiger partial charge in [-0.1, -0.05) is 78.3 Å². The number of halogens is 2. The maximum Gasteiger partial charge on any atom is 0.323 e. The van der Waals surface area contributed by atoms with Crippen LogP contribution in [0.25, 0.3) is 11.1 Å². The number of hydrogen-bond donors (Lipinski definition) is 3. The van der Waals surface area contributed by atoms with Gasteiger partial charge in [0, 0.05) is 41.7 Å². The molecule has 0 saturated heterocycles. The summed E-state index contributed by atoms with van der Waals surface area (Å²) in [5.41, 5.74) is 5.33. The summed E-state index contributed by atoms with van der Waals surface area (Å²) in [6.07, 6.45) is 2.72. The molecule has 10 heteroatoms. The van der Waals surface area contributed by atoms with Gasteiger partial charge in [-0.05, 0) is 53.3 Å². The van der Waals surface area contributed by atoms with Crippen LogP contribution in [0.1, 0.15) is 52.0 Å². The first-order chi connectivity index (χ1) is 23.3. The molecule has 3 N–H and O–H groups in total. The van der Waals surface area contributed by atoms with Gasteiger partial charge in [0.05, 0.1) is 10.6 Å². The Labute approximate surface area is 282 Å². The summed E-state index contributed by atoms with van der Waals surface area (Å²) in [5, 5.41) is 33.3. The van der Waals surface area contributed by atoms with Crippen molar-refractivity contribution >= 4 is 17.6 Å². The lowest BCUT2D eigenvalue weighted by molar-refractivity contribution is -0.142. The van der Waals surface area contributed by atoms with Crippen LogP contribution >= 0.6 is 11.6 Å². The van der Waals surface area contributed by atoms with Crippen LogP contribution in [0.3, 0.4) is 0 Å². The van der Waals surface area contributed by atoms with Gasteiger partial charge in [0.1, 0.15) is 48.2 Å². The molecule has 1 aliphatic carbocycles. The second-order valence-electron chi connectivity index (χ2n) is 11.4. The van der Waals surface area contributed by atoms with Crippen molar-refractivity contribution in [3.8, 4) is 28.7 Å². The molecule has 1 heterocycles. The summed E-state index contributed by atoms with van der Waals surface area (Å²) < 4.78 is 27.4. The molecule has 0 fully saturated rings. The van der Waals surface area contributed by atoms with E-state index in [9.17, 15) is 24.7 Å². The Morgan fingerprint density at radius 1 is 1.02 bits per heavy atom. The van der Waals surface area contributed by atoms with Crippen LogP contribution in [-0.2, 0) is 24.4 Å². The molecule has 0 bridgehead atoms. The molecule has 0 saturated carbocycles. The molecular weight excluding hydrogens is 633 g/mol. The topological polar surface area (TPSA) is 125 Å². The molecule has 5 aromatic rings. The molecule has 6 rings (SSSR count). The SMILES string of the molecule is N#Cc1cncc(COc2cc(O[C@H]3CCc4c(-c5ccccc5F)cccc43)c(Cl)cc2CN[C@H](C(=O)O)[C@H](O)c2ccccc2)c1. The normalized spacial score (nSPS) is 14.8. The number of hydrogen-bond acceptors (Lipinski definition) is 7. The summed E-state index contributed by atoms with van der Waals surface area (Å²) in [7, 11) is 0. The quantitative estimate of drug-likeness (QED) is 0.127. The molecule has 1 aliphatic rings. The fourth-order valence-corrected chi connectivity index (χ4v) is 6.18. The third kappa shape index (κ3) is 7.16. The molecule has 48 heavy (non-hydrogen) atoms. The minimum absolute atomic E-state index is 0.00899. The summed E-state index contributed by atoms with van der Waals surface area (Å²) in [5.74, 6) is -0.802. The maximum atomic E-state index is 14.7. The van der Waals surface area contributed by atoms with Gasteiger partial charge < -0.3 is 19.7 Å². The molecule has 4 aromatic carbocycles. The standard InChI is InChI=1S/C38H31ClFN3O5/c39-31-16-26(21-43-36(38(45)46)37(44)25-7-2-1-3-8-25)34(47-22-24-15-23(18-41)19-42-20-24)17-35(31)48-33-14-13-28-27(10-6-11-30(28)33)29-9-4-5-12-32(29)40/h1-12,15-17,19-20,33,36-37,43-44H,13-14,21-22H2,(H,45,46)/t33-,36-,37+/m0/s1. The van der Waals surface area contributed by atoms with Crippen molar-refractivity contribution in [1.29, 1.82) is 5.26 Å². The van der Waals surface area contributed by atoms with Gasteiger partial charge in [-0.15, -0.1) is 0 Å². The first-order valence-electron chi connectivity index (χ1n) is 15.3. The van der Waals surface area contributed by atoms with E-state index in [1.807, 2.05) is 24.3 Å². The van der Waals surface area contributed by atoms with E-state index in [0.717, 1.165) is 16.7 Å². The lowest BCUT2D eigenvalue weighted by Gasteiger charge is -2.23. The zero-order chi connectivity index (χ0) is 33.6. The van der Waals surface area contributed by atoms with Gasteiger partial charge in [0.15, 0.2) is 0 Å². The van der Waals surface area contributed by atoms with Crippen molar-refractivity contribution in [1.82, 2.24) is 10.3 Å². The van der Waals surface area contributed by atoms with Gasteiger partial charge >= 0.3 is 5.97 Å². The van der Waals surface area contributed by atoms with Crippen LogP contribution in [0.2, 0.25) is 5.02 Å². The number of aliphatic carboxylic acids is 1. The fourth-order valence-electron chi connectivity index (χ4n) is 5.95. The predicted octanol–water partition coefficient (Wildman–Crippen LogP) is 7.33. The van der Waals surface area contributed by atoms with E-state index in [1.165, 1.54) is 12.3 Å². The van der Waals surface area contributed by atoms with E-state index >= 15 is 0 Å². The van der Waals surface area contributed by atoms with E-state index in [4.69, 9.17) is 21.1 Å². The highest BCUT2D eigenvalue weighted by Crippen LogP contribution is 2.43. The van der Waals surface area contributed by atoms with Crippen molar-refractivity contribution in [3.63, 3.8) is 0 Å². The van der Waals surface area contributed by atoms with Crippen LogP contribution < -0.4 is 14.8 Å². The Morgan fingerprint density at radius 2 is 1.79 bits per heavy atom. The number of nitriles is 1. The Balaban J connectivity index is 1.28. The molecule has 8 nitrogen and oxygen atoms in total. The Bertz CT molecular complexity index is 1980. The Kier molecular flexibility index (Phi) is 9.97. The number of rotatable bonds is 12. The fraction of sp³-hybridized carbons (Fsp3) is 0.184. The molecule has 0 radical (unpaired) electrons. The van der Waals surface area contributed by atoms with Gasteiger partial charge in [0.25, 0.3) is 0 Å². The second kappa shape index (κ2) is 14.7. The first-order valence-corrected chi connectivity index (χ1v) is 15.7. The molecule has 3 atom stereocenters. The van der Waals surface area contributed by atoms with Crippen LogP contribution in [0.15, 0.2) is 103 Å². The number of carboxylic acids is 1. The van der Waals surface area contributed by atoms with E-state index in [1.54, 1.807) is 66.9 Å². The number of aromatic nitrogens is 1. The number of fused-ring (bicyclic) bond motifs is 1. The molecule has 0 spiro atoms. The van der Waals surface area contributed by atoms with Gasteiger partial charge in [-0.3, -0.25) is 15.1 Å². The van der Waals surface area contributed by atoms with Gasteiger partial charge in [-0.2, -0.15) is 5.26 Å². The molecule has 0 unspecified atom stereocenters. The monoisotopic (exact) mass is 663 g/mol. The molecule has 0 amide bonds. The number of nitrogens with one attached hydrogen (secondary N) is 1. The van der Waals surface area contributed by atoms with Gasteiger partial charge in [0.2, 0.25) is 0 Å². The number of carboxylic acid groups (broad SMARTS) is 1. The van der Waals surface area contributed by atoms with Gasteiger partial charge in [-0.25, -0.2) is 4.39 Å². The number of pyridine rings is 1. The second-order valence-corrected chi connectivity index (χ2v) is 11.8. The van der Waals surface area contributed by atoms with Crippen molar-refractivity contribution in [3.05, 3.63) is 148 Å². The predicted molar refractivity (Wildman–Crippen MR) is 178 cm³/mol. The van der Waals surface area contributed by atoms with E-state index in [0.29, 0.717) is 52.2 Å². The van der Waals surface area contributed by atoms with E-state index in [2.05, 4.69) is 16.4 Å². The molecule has 1 aromatic heterocycles. The van der Waals surface area contributed by atoms with E-state index in [-0.39, 0.29) is 30.1 Å². The number of nitrogens with zero attached hydrogens (tertiary/aromatic N) is 2. The highest BCUT2D eigenvalue weighted by atomic mass is 35.5. The van der Waals surface area contributed by atoms with Crippen LogP contribution in [0, 0.1) is 17.1 Å². The summed E-state index contributed by atoms with van der Waals surface area (Å²) in [4.78, 5) is 16.3. The number of carbonyl (C=O) groups is 1. The minimum atomic E-state index is -1.33. The van der Waals surface area contributed by atoms with Crippen molar-refractivity contribution < 1.29 is 28.9 Å². The van der Waals surface area contributed by atoms with Crippen LogP contribution in [-0.4, -0.2) is 27.2 Å². The number of ether oxygens (including phenoxy) is 2. The third-order valence-corrected chi connectivity index (χ3v) is 8.61. The summed E-state index contributed by atoms with van der Waals surface area (Å²) >= 11 is 6.78. The lowest BCUT2D eigenvalue weighted by atomic mass is 9.96. The maximum absolute atomic E-state index is 14.7. The molecule has 0 aliphatic heterocycles. The highest BCUT2D eigenvalue weighted by molar-refractivity contribution is 6.32. The Morgan fingerprint density at radius 3 is 2.56 bits per heavy atom. The zero-order valence-corrected chi connectivity index (χ0v) is 26.4. The molecular formula is C38H31ClFN3O5. The molecule has 242 valence electrons. The van der Waals surface area contributed by atoms with E-state index < -0.39 is 18.1 Å². The van der Waals surface area contributed by atoms with Crippen LogP contribution in [0.4, 0.5) is 4.39 Å². The smallest absolute Gasteiger partial charge is 0.323 e. The first kappa shape index (κ1) is 32.7. The minimum Gasteiger partial charge on any atom is -0.488 e. The highest BCUT2D eigenvalue weighted by Gasteiger charge is 2.30. The van der Waals surface area contributed by atoms with Crippen molar-refractivity contribution in [2.45, 2.75) is 44.2 Å². The van der Waals surface area contributed by atoms with Crippen LogP contribution in [0.5, 0.6) is 11.5 Å². The number of benzene rings is 4. The third-order valence-electron chi connectivity index (χ3n) is 8.32. The lowest BCUT2D eigenvalue weighted by Crippen LogP contribution is -2.41. The Hall–Kier alpha value is -5.27. The average molecular weight is 664 g/mol. The van der Waals surface area contributed by atoms with Crippen molar-refractivity contribution in [2.24, 2.45) is 0 Å². The van der Waals surface area contributed by atoms with Crippen molar-refractivity contribution in [2.75, 3.05) is 0 Å².